The molecule has 13 heavy (non-hydrogen) atoms. The molecule has 2 nitrogen and oxygen atoms in total. The topological polar surface area (TPSA) is 37.3 Å². The van der Waals surface area contributed by atoms with Crippen molar-refractivity contribution in [3.05, 3.63) is 0 Å². The van der Waals surface area contributed by atoms with Gasteiger partial charge in [-0.3, -0.25) is 4.79 Å². The van der Waals surface area contributed by atoms with Crippen molar-refractivity contribution in [3.8, 4) is 0 Å². The van der Waals surface area contributed by atoms with Gasteiger partial charge in [-0.25, -0.2) is 0 Å². The Bertz CT molecular complexity index is 228. The van der Waals surface area contributed by atoms with Gasteiger partial charge in [0.2, 0.25) is 0 Å². The maximum atomic E-state index is 11.7. The van der Waals surface area contributed by atoms with Crippen LogP contribution >= 0.6 is 0 Å². The van der Waals surface area contributed by atoms with Crippen molar-refractivity contribution >= 4 is 5.78 Å². The fraction of sp³-hybridized carbons (Fsp3) is 0.909. The summed E-state index contributed by atoms with van der Waals surface area (Å²) in [6.07, 6.45) is 0.0631. The molecular formula is C11H20O2. The molecule has 0 radical (unpaired) electrons. The van der Waals surface area contributed by atoms with Gasteiger partial charge in [0.1, 0.15) is 5.78 Å². The number of ketones is 1. The van der Waals surface area contributed by atoms with Crippen molar-refractivity contribution in [2.24, 2.45) is 16.7 Å². The van der Waals surface area contributed by atoms with Crippen LogP contribution in [0, 0.1) is 16.7 Å². The Hall–Kier alpha value is -0.370. The SMILES string of the molecule is CC1CC(=O)C(C)(C)C(O)C1(C)C. The molecule has 1 saturated carbocycles. The summed E-state index contributed by atoms with van der Waals surface area (Å²) in [5.41, 5.74) is -0.729. The second-order valence-electron chi connectivity index (χ2n) is 5.47. The molecule has 0 heterocycles. The van der Waals surface area contributed by atoms with E-state index in [0.717, 1.165) is 0 Å². The molecule has 0 amide bonds. The zero-order chi connectivity index (χ0) is 10.4. The van der Waals surface area contributed by atoms with Gasteiger partial charge in [-0.05, 0) is 11.3 Å². The third-order valence-electron chi connectivity index (χ3n) is 3.87. The van der Waals surface area contributed by atoms with E-state index in [1.165, 1.54) is 0 Å². The molecule has 0 aromatic rings. The zero-order valence-corrected chi connectivity index (χ0v) is 9.22. The highest BCUT2D eigenvalue weighted by atomic mass is 16.3. The van der Waals surface area contributed by atoms with Crippen LogP contribution in [0.1, 0.15) is 41.0 Å². The molecule has 0 aliphatic heterocycles. The number of carbonyl (C=O) groups excluding carboxylic acids is 1. The van der Waals surface area contributed by atoms with Gasteiger partial charge in [-0.15, -0.1) is 0 Å². The average molecular weight is 184 g/mol. The number of aliphatic hydroxyl groups excluding tert-OH is 1. The van der Waals surface area contributed by atoms with E-state index in [0.29, 0.717) is 6.42 Å². The van der Waals surface area contributed by atoms with Crippen LogP contribution in [0.15, 0.2) is 0 Å². The molecule has 1 fully saturated rings. The maximum absolute atomic E-state index is 11.7. The van der Waals surface area contributed by atoms with Crippen LogP contribution in [0.5, 0.6) is 0 Å². The number of aliphatic hydroxyl groups is 1. The Morgan fingerprint density at radius 2 is 1.77 bits per heavy atom. The molecule has 0 aromatic heterocycles. The number of rotatable bonds is 0. The zero-order valence-electron chi connectivity index (χ0n) is 9.22. The molecular weight excluding hydrogens is 164 g/mol. The molecule has 76 valence electrons. The predicted octanol–water partition coefficient (Wildman–Crippen LogP) is 2.01. The summed E-state index contributed by atoms with van der Waals surface area (Å²) in [5, 5.41) is 10.1. The van der Waals surface area contributed by atoms with Gasteiger partial charge in [0, 0.05) is 11.8 Å². The van der Waals surface area contributed by atoms with E-state index in [1.54, 1.807) is 0 Å². The highest BCUT2D eigenvalue weighted by molar-refractivity contribution is 5.86. The van der Waals surface area contributed by atoms with Gasteiger partial charge in [0.15, 0.2) is 0 Å². The smallest absolute Gasteiger partial charge is 0.141 e. The van der Waals surface area contributed by atoms with E-state index in [1.807, 2.05) is 34.6 Å². The van der Waals surface area contributed by atoms with Crippen molar-refractivity contribution in [2.75, 3.05) is 0 Å². The molecule has 2 unspecified atom stereocenters. The van der Waals surface area contributed by atoms with Crippen LogP contribution in [0.2, 0.25) is 0 Å². The van der Waals surface area contributed by atoms with Crippen LogP contribution in [0.25, 0.3) is 0 Å². The first-order valence-corrected chi connectivity index (χ1v) is 4.92. The first-order chi connectivity index (χ1) is 5.70. The van der Waals surface area contributed by atoms with Crippen molar-refractivity contribution in [2.45, 2.75) is 47.1 Å². The molecule has 1 rings (SSSR count). The van der Waals surface area contributed by atoms with Crippen molar-refractivity contribution in [1.29, 1.82) is 0 Å². The Morgan fingerprint density at radius 3 is 2.23 bits per heavy atom. The number of hydrogen-bond acceptors (Lipinski definition) is 2. The standard InChI is InChI=1S/C11H20O2/c1-7-6-8(12)11(4,5)9(13)10(7,2)3/h7,9,13H,6H2,1-5H3. The summed E-state index contributed by atoms with van der Waals surface area (Å²) >= 11 is 0. The first kappa shape index (κ1) is 10.7. The van der Waals surface area contributed by atoms with Crippen molar-refractivity contribution in [3.63, 3.8) is 0 Å². The second-order valence-corrected chi connectivity index (χ2v) is 5.47. The quantitative estimate of drug-likeness (QED) is 0.625. The van der Waals surface area contributed by atoms with Gasteiger partial charge >= 0.3 is 0 Å². The summed E-state index contributed by atoms with van der Waals surface area (Å²) < 4.78 is 0. The lowest BCUT2D eigenvalue weighted by Crippen LogP contribution is -2.54. The number of Topliss-reactive ketones (excluding diaryl/α,β-unsaturated/α-hetero) is 1. The first-order valence-electron chi connectivity index (χ1n) is 4.92. The lowest BCUT2D eigenvalue weighted by molar-refractivity contribution is -0.154. The van der Waals surface area contributed by atoms with E-state index in [9.17, 15) is 9.90 Å². The normalized spacial score (nSPS) is 37.5. The monoisotopic (exact) mass is 184 g/mol. The fourth-order valence-electron chi connectivity index (χ4n) is 2.16. The van der Waals surface area contributed by atoms with Crippen LogP contribution in [-0.4, -0.2) is 17.0 Å². The van der Waals surface area contributed by atoms with Gasteiger partial charge in [-0.2, -0.15) is 0 Å². The molecule has 1 N–H and O–H groups in total. The van der Waals surface area contributed by atoms with E-state index in [4.69, 9.17) is 0 Å². The molecule has 2 heteroatoms. The number of hydrogen-bond donors (Lipinski definition) is 1. The largest absolute Gasteiger partial charge is 0.392 e. The highest BCUT2D eigenvalue weighted by Crippen LogP contribution is 2.47. The minimum Gasteiger partial charge on any atom is -0.392 e. The van der Waals surface area contributed by atoms with Crippen LogP contribution in [0.3, 0.4) is 0 Å². The Kier molecular flexibility index (Phi) is 2.31. The maximum Gasteiger partial charge on any atom is 0.141 e. The van der Waals surface area contributed by atoms with Gasteiger partial charge in [-0.1, -0.05) is 34.6 Å². The van der Waals surface area contributed by atoms with Gasteiger partial charge < -0.3 is 5.11 Å². The fourth-order valence-corrected chi connectivity index (χ4v) is 2.16. The lowest BCUT2D eigenvalue weighted by Gasteiger charge is -2.48. The molecule has 1 aliphatic rings. The molecule has 0 spiro atoms. The van der Waals surface area contributed by atoms with E-state index in [2.05, 4.69) is 0 Å². The minimum absolute atomic E-state index is 0.155. The second kappa shape index (κ2) is 2.81. The molecule has 0 saturated heterocycles. The molecule has 0 bridgehead atoms. The summed E-state index contributed by atoms with van der Waals surface area (Å²) in [6, 6.07) is 0. The third kappa shape index (κ3) is 1.41. The van der Waals surface area contributed by atoms with E-state index >= 15 is 0 Å². The summed E-state index contributed by atoms with van der Waals surface area (Å²) in [7, 11) is 0. The van der Waals surface area contributed by atoms with Crippen LogP contribution in [0.4, 0.5) is 0 Å². The summed E-state index contributed by atoms with van der Waals surface area (Å²) in [6.45, 7) is 9.80. The van der Waals surface area contributed by atoms with E-state index < -0.39 is 11.5 Å². The number of carbonyl (C=O) groups is 1. The van der Waals surface area contributed by atoms with Gasteiger partial charge in [0.05, 0.1) is 6.10 Å². The highest BCUT2D eigenvalue weighted by Gasteiger charge is 2.51. The Labute approximate surface area is 80.3 Å². The Balaban J connectivity index is 3.03. The third-order valence-corrected chi connectivity index (χ3v) is 3.87. The average Bonchev–Trinajstić information content (AvgIpc) is 2.00. The molecule has 1 aliphatic carbocycles. The minimum atomic E-state index is -0.573. The Morgan fingerprint density at radius 1 is 1.31 bits per heavy atom. The lowest BCUT2D eigenvalue weighted by atomic mass is 9.58. The summed E-state index contributed by atoms with van der Waals surface area (Å²) in [4.78, 5) is 11.7. The summed E-state index contributed by atoms with van der Waals surface area (Å²) in [5.74, 6) is 0.454. The van der Waals surface area contributed by atoms with E-state index in [-0.39, 0.29) is 17.1 Å². The van der Waals surface area contributed by atoms with Crippen LogP contribution in [-0.2, 0) is 4.79 Å². The van der Waals surface area contributed by atoms with Crippen molar-refractivity contribution in [1.82, 2.24) is 0 Å². The molecule has 0 aromatic carbocycles. The van der Waals surface area contributed by atoms with Crippen molar-refractivity contribution < 1.29 is 9.90 Å². The predicted molar refractivity (Wildman–Crippen MR) is 52.4 cm³/mol. The molecule has 2 atom stereocenters. The van der Waals surface area contributed by atoms with Gasteiger partial charge in [0.25, 0.3) is 0 Å². The van der Waals surface area contributed by atoms with Crippen LogP contribution < -0.4 is 0 Å².